The van der Waals surface area contributed by atoms with Gasteiger partial charge in [0.2, 0.25) is 0 Å². The molecule has 0 N–H and O–H groups in total. The molecule has 0 amide bonds. The quantitative estimate of drug-likeness (QED) is 0.176. The van der Waals surface area contributed by atoms with Gasteiger partial charge in [0, 0.05) is 65.6 Å². The van der Waals surface area contributed by atoms with Gasteiger partial charge in [-0.25, -0.2) is 0 Å². The molecule has 3 nitrogen and oxygen atoms in total. The fourth-order valence-corrected chi connectivity index (χ4v) is 10.2. The van der Waals surface area contributed by atoms with Gasteiger partial charge >= 0.3 is 0 Å². The molecule has 2 unspecified atom stereocenters. The number of para-hydroxylation sites is 1. The smallest absolute Gasteiger partial charge is 0.137 e. The first-order valence-electron chi connectivity index (χ1n) is 19.2. The number of benzene rings is 8. The standard InChI is InChI=1S/C52H33NO2S/c1-2-11-32(12-3-1)33-21-23-34(24-22-33)53(36-25-27-39-38-14-6-8-18-45(38)54-47(39)30-36)35-26-28-46-44(29-35)51-40-15-5-4-13-37(40)43(31-48(51)55-46)41-17-10-20-50-52(41)42-16-7-9-19-49(42)56-50/h1-31,44,46H. The summed E-state index contributed by atoms with van der Waals surface area (Å²) >= 11 is 1.86. The summed E-state index contributed by atoms with van der Waals surface area (Å²) in [5.74, 6) is 0.984. The van der Waals surface area contributed by atoms with Crippen molar-refractivity contribution in [3.8, 4) is 28.0 Å². The third kappa shape index (κ3) is 4.83. The van der Waals surface area contributed by atoms with Gasteiger partial charge in [0.1, 0.15) is 23.0 Å². The molecule has 0 bridgehead atoms. The molecule has 56 heavy (non-hydrogen) atoms. The zero-order chi connectivity index (χ0) is 36.7. The maximum Gasteiger partial charge on any atom is 0.137 e. The van der Waals surface area contributed by atoms with Crippen LogP contribution in [0.4, 0.5) is 11.4 Å². The molecular formula is C52H33NO2S. The third-order valence-electron chi connectivity index (χ3n) is 11.6. The van der Waals surface area contributed by atoms with E-state index in [0.29, 0.717) is 0 Å². The minimum absolute atomic E-state index is 0.0303. The number of ether oxygens (including phenoxy) is 1. The number of hydrogen-bond donors (Lipinski definition) is 0. The lowest BCUT2D eigenvalue weighted by Crippen LogP contribution is -2.23. The van der Waals surface area contributed by atoms with Crippen molar-refractivity contribution in [2.24, 2.45) is 0 Å². The Balaban J connectivity index is 1.02. The second-order valence-corrected chi connectivity index (χ2v) is 15.8. The minimum Gasteiger partial charge on any atom is -0.485 e. The summed E-state index contributed by atoms with van der Waals surface area (Å²) in [6, 6.07) is 60.9. The van der Waals surface area contributed by atoms with Gasteiger partial charge in [0.05, 0.1) is 0 Å². The molecule has 8 aromatic carbocycles. The molecule has 0 saturated carbocycles. The van der Waals surface area contributed by atoms with Crippen LogP contribution in [0, 0.1) is 0 Å². The average molecular weight is 736 g/mol. The van der Waals surface area contributed by atoms with Crippen molar-refractivity contribution in [1.29, 1.82) is 0 Å². The molecular weight excluding hydrogens is 703 g/mol. The highest BCUT2D eigenvalue weighted by atomic mass is 32.1. The van der Waals surface area contributed by atoms with Gasteiger partial charge in [0.25, 0.3) is 0 Å². The molecule has 1 aliphatic carbocycles. The van der Waals surface area contributed by atoms with Crippen LogP contribution in [0.1, 0.15) is 11.5 Å². The van der Waals surface area contributed by atoms with Crippen molar-refractivity contribution in [1.82, 2.24) is 0 Å². The van der Waals surface area contributed by atoms with E-state index in [4.69, 9.17) is 9.15 Å². The predicted octanol–water partition coefficient (Wildman–Crippen LogP) is 14.6. The van der Waals surface area contributed by atoms with Crippen LogP contribution >= 0.6 is 11.3 Å². The van der Waals surface area contributed by atoms with E-state index in [-0.39, 0.29) is 12.0 Å². The van der Waals surface area contributed by atoms with Gasteiger partial charge in [-0.05, 0) is 99.8 Å². The molecule has 2 aromatic heterocycles. The van der Waals surface area contributed by atoms with Crippen molar-refractivity contribution in [3.63, 3.8) is 0 Å². The Kier molecular flexibility index (Phi) is 6.92. The number of allylic oxidation sites excluding steroid dienone is 1. The SMILES string of the molecule is C1=CC2Oc3cc(-c4cccc5sc6ccccc6c45)c4ccccc4c3C2C=C1N(c1ccc(-c2ccccc2)cc1)c1ccc2c(c1)oc1ccccc12. The van der Waals surface area contributed by atoms with E-state index in [1.54, 1.807) is 0 Å². The van der Waals surface area contributed by atoms with Gasteiger partial charge in [-0.15, -0.1) is 11.3 Å². The number of rotatable bonds is 5. The van der Waals surface area contributed by atoms with Crippen LogP contribution < -0.4 is 9.64 Å². The van der Waals surface area contributed by atoms with Crippen molar-refractivity contribution in [3.05, 3.63) is 199 Å². The Labute approximate surface area is 327 Å². The van der Waals surface area contributed by atoms with E-state index in [0.717, 1.165) is 44.8 Å². The fraction of sp³-hybridized carbons (Fsp3) is 0.0385. The lowest BCUT2D eigenvalue weighted by Gasteiger charge is -2.30. The van der Waals surface area contributed by atoms with Gasteiger partial charge < -0.3 is 14.1 Å². The van der Waals surface area contributed by atoms with Crippen molar-refractivity contribution < 1.29 is 9.15 Å². The Morgan fingerprint density at radius 2 is 1.20 bits per heavy atom. The maximum atomic E-state index is 6.90. The van der Waals surface area contributed by atoms with E-state index in [9.17, 15) is 0 Å². The maximum absolute atomic E-state index is 6.90. The van der Waals surface area contributed by atoms with Crippen LogP contribution in [0.2, 0.25) is 0 Å². The summed E-state index contributed by atoms with van der Waals surface area (Å²) in [5, 5.41) is 7.33. The third-order valence-corrected chi connectivity index (χ3v) is 12.7. The molecule has 3 heterocycles. The first-order valence-corrected chi connectivity index (χ1v) is 20.0. The lowest BCUT2D eigenvalue weighted by atomic mass is 9.85. The number of thiophene rings is 1. The first-order chi connectivity index (χ1) is 27.7. The van der Waals surface area contributed by atoms with E-state index in [1.807, 2.05) is 23.5 Å². The zero-order valence-electron chi connectivity index (χ0n) is 30.2. The fourth-order valence-electron chi connectivity index (χ4n) is 9.07. The van der Waals surface area contributed by atoms with Crippen LogP contribution in [-0.4, -0.2) is 6.10 Å². The van der Waals surface area contributed by atoms with E-state index < -0.39 is 0 Å². The summed E-state index contributed by atoms with van der Waals surface area (Å²) in [5.41, 5.74) is 11.0. The molecule has 0 spiro atoms. The molecule has 1 aliphatic heterocycles. The highest BCUT2D eigenvalue weighted by Gasteiger charge is 2.37. The highest BCUT2D eigenvalue weighted by Crippen LogP contribution is 2.51. The van der Waals surface area contributed by atoms with E-state index >= 15 is 0 Å². The predicted molar refractivity (Wildman–Crippen MR) is 234 cm³/mol. The molecule has 2 atom stereocenters. The summed E-state index contributed by atoms with van der Waals surface area (Å²) in [6.07, 6.45) is 6.77. The Morgan fingerprint density at radius 1 is 0.500 bits per heavy atom. The van der Waals surface area contributed by atoms with Gasteiger partial charge in [-0.2, -0.15) is 0 Å². The molecule has 4 heteroatoms. The van der Waals surface area contributed by atoms with Crippen molar-refractivity contribution in [2.75, 3.05) is 4.90 Å². The molecule has 0 radical (unpaired) electrons. The van der Waals surface area contributed by atoms with Gasteiger partial charge in [-0.3, -0.25) is 0 Å². The highest BCUT2D eigenvalue weighted by molar-refractivity contribution is 7.25. The van der Waals surface area contributed by atoms with Crippen LogP contribution in [0.5, 0.6) is 5.75 Å². The summed E-state index contributed by atoms with van der Waals surface area (Å²) in [7, 11) is 0. The molecule has 264 valence electrons. The Bertz CT molecular complexity index is 3240. The van der Waals surface area contributed by atoms with Crippen LogP contribution in [0.3, 0.4) is 0 Å². The number of furan rings is 1. The largest absolute Gasteiger partial charge is 0.485 e. The Morgan fingerprint density at radius 3 is 2.07 bits per heavy atom. The second-order valence-electron chi connectivity index (χ2n) is 14.7. The molecule has 12 rings (SSSR count). The molecule has 0 fully saturated rings. The summed E-state index contributed by atoms with van der Waals surface area (Å²) < 4.78 is 15.9. The molecule has 10 aromatic rings. The number of nitrogens with zero attached hydrogens (tertiary/aromatic N) is 1. The van der Waals surface area contributed by atoms with Gasteiger partial charge in [0.15, 0.2) is 0 Å². The van der Waals surface area contributed by atoms with E-state index in [1.165, 1.54) is 58.8 Å². The molecule has 2 aliphatic rings. The summed E-state index contributed by atoms with van der Waals surface area (Å²) in [4.78, 5) is 2.35. The van der Waals surface area contributed by atoms with Crippen LogP contribution in [0.15, 0.2) is 198 Å². The monoisotopic (exact) mass is 735 g/mol. The first kappa shape index (κ1) is 31.5. The van der Waals surface area contributed by atoms with Crippen molar-refractivity contribution >= 4 is 75.6 Å². The number of anilines is 2. The lowest BCUT2D eigenvalue weighted by molar-refractivity contribution is 0.268. The van der Waals surface area contributed by atoms with Gasteiger partial charge in [-0.1, -0.05) is 115 Å². The number of fused-ring (bicyclic) bond motifs is 11. The molecule has 0 saturated heterocycles. The van der Waals surface area contributed by atoms with Crippen molar-refractivity contribution in [2.45, 2.75) is 12.0 Å². The minimum atomic E-state index is -0.106. The topological polar surface area (TPSA) is 25.6 Å². The summed E-state index contributed by atoms with van der Waals surface area (Å²) in [6.45, 7) is 0. The number of hydrogen-bond acceptors (Lipinski definition) is 4. The van der Waals surface area contributed by atoms with Crippen LogP contribution in [-0.2, 0) is 0 Å². The normalized spacial score (nSPS) is 16.0. The van der Waals surface area contributed by atoms with E-state index in [2.05, 4.69) is 181 Å². The van der Waals surface area contributed by atoms with Crippen LogP contribution in [0.25, 0.3) is 75.1 Å². The second kappa shape index (κ2) is 12.3. The Hall–Kier alpha value is -6.88. The zero-order valence-corrected chi connectivity index (χ0v) is 31.0. The average Bonchev–Trinajstić information content (AvgIpc) is 3.95.